The van der Waals surface area contributed by atoms with E-state index in [9.17, 15) is 0 Å². The van der Waals surface area contributed by atoms with E-state index in [-0.39, 0.29) is 0 Å². The largest absolute Gasteiger partial charge is 0.299 e. The van der Waals surface area contributed by atoms with Crippen LogP contribution in [0, 0.1) is 6.92 Å². The molecule has 1 aliphatic carbocycles. The quantitative estimate of drug-likeness (QED) is 0.851. The first-order valence-corrected chi connectivity index (χ1v) is 9.21. The molecule has 0 atom stereocenters. The van der Waals surface area contributed by atoms with Crippen LogP contribution in [0.2, 0.25) is 0 Å². The lowest BCUT2D eigenvalue weighted by Crippen LogP contribution is -2.32. The molecule has 1 aromatic carbocycles. The second-order valence-electron chi connectivity index (χ2n) is 6.79. The summed E-state index contributed by atoms with van der Waals surface area (Å²) in [4.78, 5) is 2.58. The van der Waals surface area contributed by atoms with Crippen LogP contribution >= 0.6 is 11.3 Å². The average molecular weight is 313 g/mol. The lowest BCUT2D eigenvalue weighted by Gasteiger charge is -2.30. The highest BCUT2D eigenvalue weighted by Gasteiger charge is 2.30. The SMILES string of the molecule is Cc1cccc(CN2CCC(c3nnc(C4CC4)s3)CC2)c1. The second kappa shape index (κ2) is 6.09. The first kappa shape index (κ1) is 14.3. The fourth-order valence-electron chi connectivity index (χ4n) is 3.31. The van der Waals surface area contributed by atoms with Gasteiger partial charge in [0.1, 0.15) is 10.0 Å². The van der Waals surface area contributed by atoms with Gasteiger partial charge in [0.15, 0.2) is 0 Å². The van der Waals surface area contributed by atoms with Crippen molar-refractivity contribution in [2.24, 2.45) is 0 Å². The van der Waals surface area contributed by atoms with E-state index >= 15 is 0 Å². The number of aromatic nitrogens is 2. The molecule has 0 bridgehead atoms. The Morgan fingerprint density at radius 2 is 1.73 bits per heavy atom. The van der Waals surface area contributed by atoms with E-state index in [0.717, 1.165) is 12.5 Å². The molecule has 1 saturated heterocycles. The molecular weight excluding hydrogens is 290 g/mol. The predicted octanol–water partition coefficient (Wildman–Crippen LogP) is 4.10. The van der Waals surface area contributed by atoms with Crippen LogP contribution in [-0.2, 0) is 6.54 Å². The van der Waals surface area contributed by atoms with Gasteiger partial charge in [-0.05, 0) is 51.3 Å². The van der Waals surface area contributed by atoms with Crippen LogP contribution in [0.4, 0.5) is 0 Å². The molecule has 2 heterocycles. The normalized spacial score (nSPS) is 20.4. The first-order valence-electron chi connectivity index (χ1n) is 8.39. The van der Waals surface area contributed by atoms with Gasteiger partial charge in [-0.3, -0.25) is 4.90 Å². The lowest BCUT2D eigenvalue weighted by atomic mass is 9.97. The van der Waals surface area contributed by atoms with Crippen LogP contribution in [0.15, 0.2) is 24.3 Å². The standard InChI is InChI=1S/C18H23N3S/c1-13-3-2-4-14(11-13)12-21-9-7-16(8-10-21)18-20-19-17(22-18)15-5-6-15/h2-4,11,15-16H,5-10,12H2,1H3. The zero-order chi connectivity index (χ0) is 14.9. The Labute approximate surface area is 136 Å². The first-order chi connectivity index (χ1) is 10.8. The fourth-order valence-corrected chi connectivity index (χ4v) is 4.50. The summed E-state index contributed by atoms with van der Waals surface area (Å²) < 4.78 is 0. The van der Waals surface area contributed by atoms with Crippen LogP contribution in [0.25, 0.3) is 0 Å². The van der Waals surface area contributed by atoms with Crippen molar-refractivity contribution < 1.29 is 0 Å². The summed E-state index contributed by atoms with van der Waals surface area (Å²) in [5.74, 6) is 1.38. The third-order valence-corrected chi connectivity index (χ3v) is 6.06. The molecular formula is C18H23N3S. The molecule has 0 N–H and O–H groups in total. The van der Waals surface area contributed by atoms with E-state index in [1.54, 1.807) is 0 Å². The number of benzene rings is 1. The number of rotatable bonds is 4. The summed E-state index contributed by atoms with van der Waals surface area (Å²) in [6.07, 6.45) is 5.10. The Bertz CT molecular complexity index is 639. The molecule has 0 amide bonds. The van der Waals surface area contributed by atoms with Gasteiger partial charge >= 0.3 is 0 Å². The van der Waals surface area contributed by atoms with Crippen molar-refractivity contribution in [2.45, 2.75) is 51.0 Å². The molecule has 3 nitrogen and oxygen atoms in total. The molecule has 2 fully saturated rings. The van der Waals surface area contributed by atoms with Crippen molar-refractivity contribution >= 4 is 11.3 Å². The topological polar surface area (TPSA) is 29.0 Å². The number of nitrogens with zero attached hydrogens (tertiary/aromatic N) is 3. The smallest absolute Gasteiger partial charge is 0.120 e. The van der Waals surface area contributed by atoms with Crippen LogP contribution < -0.4 is 0 Å². The van der Waals surface area contributed by atoms with Crippen molar-refractivity contribution in [1.82, 2.24) is 15.1 Å². The van der Waals surface area contributed by atoms with Gasteiger partial charge in [0.25, 0.3) is 0 Å². The molecule has 22 heavy (non-hydrogen) atoms. The average Bonchev–Trinajstić information content (AvgIpc) is 3.26. The van der Waals surface area contributed by atoms with Crippen molar-refractivity contribution in [2.75, 3.05) is 13.1 Å². The van der Waals surface area contributed by atoms with Crippen LogP contribution in [0.5, 0.6) is 0 Å². The Morgan fingerprint density at radius 3 is 2.36 bits per heavy atom. The maximum absolute atomic E-state index is 4.47. The molecule has 4 rings (SSSR count). The third kappa shape index (κ3) is 3.23. The van der Waals surface area contributed by atoms with E-state index < -0.39 is 0 Å². The highest BCUT2D eigenvalue weighted by molar-refractivity contribution is 7.11. The summed E-state index contributed by atoms with van der Waals surface area (Å²) in [5, 5.41) is 11.5. The third-order valence-electron chi connectivity index (χ3n) is 4.81. The highest BCUT2D eigenvalue weighted by atomic mass is 32.1. The number of hydrogen-bond donors (Lipinski definition) is 0. The number of piperidine rings is 1. The molecule has 2 aromatic rings. The van der Waals surface area contributed by atoms with Gasteiger partial charge in [-0.15, -0.1) is 21.5 Å². The molecule has 0 unspecified atom stereocenters. The summed E-state index contributed by atoms with van der Waals surface area (Å²) in [7, 11) is 0. The zero-order valence-electron chi connectivity index (χ0n) is 13.2. The van der Waals surface area contributed by atoms with Gasteiger partial charge in [-0.2, -0.15) is 0 Å². The summed E-state index contributed by atoms with van der Waals surface area (Å²) >= 11 is 1.88. The van der Waals surface area contributed by atoms with Crippen LogP contribution in [-0.4, -0.2) is 28.2 Å². The molecule has 116 valence electrons. The zero-order valence-corrected chi connectivity index (χ0v) is 14.0. The van der Waals surface area contributed by atoms with Crippen molar-refractivity contribution in [3.8, 4) is 0 Å². The molecule has 1 aromatic heterocycles. The molecule has 0 spiro atoms. The molecule has 4 heteroatoms. The maximum atomic E-state index is 4.47. The van der Waals surface area contributed by atoms with E-state index in [1.165, 1.54) is 59.9 Å². The van der Waals surface area contributed by atoms with Crippen molar-refractivity contribution in [3.63, 3.8) is 0 Å². The Balaban J connectivity index is 1.33. The van der Waals surface area contributed by atoms with E-state index in [2.05, 4.69) is 46.3 Å². The summed E-state index contributed by atoms with van der Waals surface area (Å²) in [5.41, 5.74) is 2.79. The van der Waals surface area contributed by atoms with E-state index in [0.29, 0.717) is 5.92 Å². The van der Waals surface area contributed by atoms with Gasteiger partial charge in [0.05, 0.1) is 0 Å². The van der Waals surface area contributed by atoms with E-state index in [4.69, 9.17) is 0 Å². The summed E-state index contributed by atoms with van der Waals surface area (Å²) in [6, 6.07) is 8.88. The monoisotopic (exact) mass is 313 g/mol. The van der Waals surface area contributed by atoms with Gasteiger partial charge in [-0.1, -0.05) is 29.8 Å². The molecule has 1 aliphatic heterocycles. The Hall–Kier alpha value is -1.26. The number of hydrogen-bond acceptors (Lipinski definition) is 4. The Morgan fingerprint density at radius 1 is 1.05 bits per heavy atom. The summed E-state index contributed by atoms with van der Waals surface area (Å²) in [6.45, 7) is 5.61. The minimum Gasteiger partial charge on any atom is -0.299 e. The van der Waals surface area contributed by atoms with Gasteiger partial charge < -0.3 is 0 Å². The number of likely N-dealkylation sites (tertiary alicyclic amines) is 1. The fraction of sp³-hybridized carbons (Fsp3) is 0.556. The minimum atomic E-state index is 0.638. The highest BCUT2D eigenvalue weighted by Crippen LogP contribution is 2.43. The van der Waals surface area contributed by atoms with E-state index in [1.807, 2.05) is 11.3 Å². The van der Waals surface area contributed by atoms with Crippen LogP contribution in [0.3, 0.4) is 0 Å². The van der Waals surface area contributed by atoms with Gasteiger partial charge in [0.2, 0.25) is 0 Å². The van der Waals surface area contributed by atoms with Gasteiger partial charge in [0, 0.05) is 18.4 Å². The molecule has 0 radical (unpaired) electrons. The van der Waals surface area contributed by atoms with Gasteiger partial charge in [-0.25, -0.2) is 0 Å². The van der Waals surface area contributed by atoms with Crippen molar-refractivity contribution in [3.05, 3.63) is 45.4 Å². The maximum Gasteiger partial charge on any atom is 0.120 e. The van der Waals surface area contributed by atoms with Crippen molar-refractivity contribution in [1.29, 1.82) is 0 Å². The molecule has 2 aliphatic rings. The second-order valence-corrected chi connectivity index (χ2v) is 7.83. The lowest BCUT2D eigenvalue weighted by molar-refractivity contribution is 0.204. The Kier molecular flexibility index (Phi) is 3.97. The number of aryl methyl sites for hydroxylation is 1. The van der Waals surface area contributed by atoms with Crippen LogP contribution in [0.1, 0.15) is 58.7 Å². The predicted molar refractivity (Wildman–Crippen MR) is 90.3 cm³/mol. The molecule has 1 saturated carbocycles. The minimum absolute atomic E-state index is 0.638.